The van der Waals surface area contributed by atoms with E-state index in [1.165, 1.54) is 6.08 Å². The Morgan fingerprint density at radius 1 is 1.54 bits per heavy atom. The minimum atomic E-state index is -0.151. The summed E-state index contributed by atoms with van der Waals surface area (Å²) in [5.74, 6) is 0.195. The zero-order valence-corrected chi connectivity index (χ0v) is 8.21. The van der Waals surface area contributed by atoms with Crippen LogP contribution in [0.3, 0.4) is 0 Å². The van der Waals surface area contributed by atoms with E-state index in [1.54, 1.807) is 0 Å². The molecule has 0 N–H and O–H groups in total. The number of allylic oxidation sites excluding steroid dienone is 4. The molecule has 0 fully saturated rings. The van der Waals surface area contributed by atoms with Gasteiger partial charge in [0.15, 0.2) is 0 Å². The molecule has 2 heteroatoms. The summed E-state index contributed by atoms with van der Waals surface area (Å²) < 4.78 is 13.5. The molecule has 1 aliphatic rings. The minimum absolute atomic E-state index is 0.0582. The van der Waals surface area contributed by atoms with Crippen molar-refractivity contribution < 1.29 is 4.39 Å². The summed E-state index contributed by atoms with van der Waals surface area (Å²) >= 11 is 0. The van der Waals surface area contributed by atoms with Gasteiger partial charge in [0.05, 0.1) is 11.6 Å². The molecule has 1 nitrogen and oxygen atoms in total. The van der Waals surface area contributed by atoms with Gasteiger partial charge in [0.1, 0.15) is 5.83 Å². The Labute approximate surface area is 78.6 Å². The molecule has 0 aliphatic heterocycles. The molecule has 2 unspecified atom stereocenters. The molecule has 0 aromatic carbocycles. The van der Waals surface area contributed by atoms with Crippen molar-refractivity contribution in [1.82, 2.24) is 0 Å². The highest BCUT2D eigenvalue weighted by Crippen LogP contribution is 2.34. The van der Waals surface area contributed by atoms with Crippen molar-refractivity contribution in [3.05, 3.63) is 23.6 Å². The molecule has 0 amide bonds. The second-order valence-corrected chi connectivity index (χ2v) is 3.89. The Balaban J connectivity index is 2.94. The van der Waals surface area contributed by atoms with E-state index < -0.39 is 0 Å². The van der Waals surface area contributed by atoms with E-state index in [0.29, 0.717) is 5.57 Å². The number of rotatable bonds is 1. The summed E-state index contributed by atoms with van der Waals surface area (Å²) in [6.07, 6.45) is 3.19. The fourth-order valence-electron chi connectivity index (χ4n) is 1.93. The van der Waals surface area contributed by atoms with Crippen LogP contribution in [0.1, 0.15) is 20.8 Å². The van der Waals surface area contributed by atoms with Crippen molar-refractivity contribution in [3.8, 4) is 6.07 Å². The number of nitrogens with zero attached hydrogens (tertiary/aromatic N) is 1. The van der Waals surface area contributed by atoms with Crippen molar-refractivity contribution in [2.24, 2.45) is 17.8 Å². The monoisotopic (exact) mass is 179 g/mol. The van der Waals surface area contributed by atoms with Gasteiger partial charge in [-0.1, -0.05) is 26.8 Å². The molecule has 0 spiro atoms. The lowest BCUT2D eigenvalue weighted by Gasteiger charge is -2.26. The molecule has 1 rings (SSSR count). The van der Waals surface area contributed by atoms with Gasteiger partial charge in [-0.25, -0.2) is 4.39 Å². The van der Waals surface area contributed by atoms with E-state index in [2.05, 4.69) is 0 Å². The molecule has 0 heterocycles. The first-order valence-corrected chi connectivity index (χ1v) is 4.55. The third-order valence-electron chi connectivity index (χ3n) is 2.47. The van der Waals surface area contributed by atoms with Crippen LogP contribution in [-0.4, -0.2) is 0 Å². The highest BCUT2D eigenvalue weighted by molar-refractivity contribution is 5.38. The van der Waals surface area contributed by atoms with Gasteiger partial charge >= 0.3 is 0 Å². The van der Waals surface area contributed by atoms with E-state index >= 15 is 0 Å². The van der Waals surface area contributed by atoms with E-state index in [0.717, 1.165) is 0 Å². The van der Waals surface area contributed by atoms with Crippen LogP contribution in [0.5, 0.6) is 0 Å². The molecule has 0 saturated carbocycles. The second-order valence-electron chi connectivity index (χ2n) is 3.89. The third-order valence-corrected chi connectivity index (χ3v) is 2.47. The Morgan fingerprint density at radius 2 is 2.15 bits per heavy atom. The molecule has 2 atom stereocenters. The fourth-order valence-corrected chi connectivity index (χ4v) is 1.93. The van der Waals surface area contributed by atoms with E-state index in [9.17, 15) is 4.39 Å². The van der Waals surface area contributed by atoms with Gasteiger partial charge in [0.25, 0.3) is 0 Å². The lowest BCUT2D eigenvalue weighted by atomic mass is 9.79. The fraction of sp³-hybridized carbons (Fsp3) is 0.545. The van der Waals surface area contributed by atoms with Gasteiger partial charge in [-0.2, -0.15) is 5.26 Å². The van der Waals surface area contributed by atoms with Crippen molar-refractivity contribution >= 4 is 0 Å². The first-order valence-electron chi connectivity index (χ1n) is 4.55. The van der Waals surface area contributed by atoms with Crippen LogP contribution in [0.4, 0.5) is 4.39 Å². The molecular formula is C11H14FN. The summed E-state index contributed by atoms with van der Waals surface area (Å²) in [4.78, 5) is 0. The van der Waals surface area contributed by atoms with Crippen LogP contribution in [0, 0.1) is 29.1 Å². The number of halogens is 1. The van der Waals surface area contributed by atoms with Gasteiger partial charge in [-0.15, -0.1) is 0 Å². The van der Waals surface area contributed by atoms with Crippen LogP contribution in [0.2, 0.25) is 0 Å². The highest BCUT2D eigenvalue weighted by atomic mass is 19.1. The summed E-state index contributed by atoms with van der Waals surface area (Å²) in [6, 6.07) is 1.97. The Bertz CT molecular complexity index is 294. The molecule has 0 radical (unpaired) electrons. The minimum Gasteiger partial charge on any atom is -0.211 e. The largest absolute Gasteiger partial charge is 0.211 e. The van der Waals surface area contributed by atoms with Crippen molar-refractivity contribution in [3.63, 3.8) is 0 Å². The van der Waals surface area contributed by atoms with Crippen molar-refractivity contribution in [1.29, 1.82) is 5.26 Å². The normalized spacial score (nSPS) is 28.0. The maximum atomic E-state index is 13.5. The van der Waals surface area contributed by atoms with E-state index in [4.69, 9.17) is 5.26 Å². The molecule has 0 aromatic rings. The molecule has 0 saturated heterocycles. The average Bonchev–Trinajstić information content (AvgIpc) is 2.02. The maximum absolute atomic E-state index is 13.5. The molecule has 0 bridgehead atoms. The zero-order chi connectivity index (χ0) is 10.0. The first-order chi connectivity index (χ1) is 6.06. The quantitative estimate of drug-likeness (QED) is 0.606. The van der Waals surface area contributed by atoms with Crippen LogP contribution in [0.15, 0.2) is 23.6 Å². The van der Waals surface area contributed by atoms with E-state index in [1.807, 2.05) is 32.9 Å². The first kappa shape index (κ1) is 9.98. The zero-order valence-electron chi connectivity index (χ0n) is 8.21. The van der Waals surface area contributed by atoms with Gasteiger partial charge < -0.3 is 0 Å². The van der Waals surface area contributed by atoms with Crippen molar-refractivity contribution in [2.45, 2.75) is 20.8 Å². The lowest BCUT2D eigenvalue weighted by Crippen LogP contribution is -2.20. The predicted octanol–water partition coefficient (Wildman–Crippen LogP) is 3.21. The smallest absolute Gasteiger partial charge is 0.105 e. The van der Waals surface area contributed by atoms with Crippen LogP contribution >= 0.6 is 0 Å². The summed E-state index contributed by atoms with van der Waals surface area (Å²) in [6.45, 7) is 5.95. The standard InChI is InChI=1S/C11H14FN/c1-7(2)11-8(3)4-9(6-13)5-10(11)12/h4-5,7-8,11H,1-3H3. The summed E-state index contributed by atoms with van der Waals surface area (Å²) in [7, 11) is 0. The number of hydrogen-bond donors (Lipinski definition) is 0. The molecule has 70 valence electrons. The lowest BCUT2D eigenvalue weighted by molar-refractivity contribution is 0.302. The van der Waals surface area contributed by atoms with Crippen LogP contribution < -0.4 is 0 Å². The Kier molecular flexibility index (Phi) is 2.87. The molecule has 1 aliphatic carbocycles. The van der Waals surface area contributed by atoms with Crippen LogP contribution in [-0.2, 0) is 0 Å². The molecule has 13 heavy (non-hydrogen) atoms. The third kappa shape index (κ3) is 1.98. The average molecular weight is 179 g/mol. The maximum Gasteiger partial charge on any atom is 0.105 e. The number of nitriles is 1. The van der Waals surface area contributed by atoms with E-state index in [-0.39, 0.29) is 23.6 Å². The topological polar surface area (TPSA) is 23.8 Å². The van der Waals surface area contributed by atoms with Gasteiger partial charge in [0.2, 0.25) is 0 Å². The van der Waals surface area contributed by atoms with Crippen molar-refractivity contribution in [2.75, 3.05) is 0 Å². The summed E-state index contributed by atoms with van der Waals surface area (Å²) in [5.41, 5.74) is 0.446. The predicted molar refractivity (Wildman–Crippen MR) is 50.4 cm³/mol. The van der Waals surface area contributed by atoms with Gasteiger partial charge in [-0.3, -0.25) is 0 Å². The van der Waals surface area contributed by atoms with Gasteiger partial charge in [0, 0.05) is 5.92 Å². The SMILES string of the molecule is CC(C)C1C(F)=CC(C#N)=CC1C. The van der Waals surface area contributed by atoms with Gasteiger partial charge in [-0.05, 0) is 17.9 Å². The Morgan fingerprint density at radius 3 is 2.54 bits per heavy atom. The summed E-state index contributed by atoms with van der Waals surface area (Å²) in [5, 5.41) is 8.62. The number of hydrogen-bond acceptors (Lipinski definition) is 1. The van der Waals surface area contributed by atoms with Crippen LogP contribution in [0.25, 0.3) is 0 Å². The molecular weight excluding hydrogens is 165 g/mol. The Hall–Kier alpha value is -1.10. The second kappa shape index (κ2) is 3.74. The molecule has 0 aromatic heterocycles. The highest BCUT2D eigenvalue weighted by Gasteiger charge is 2.27.